The number of carbonyl (C=O) groups is 1. The maximum absolute atomic E-state index is 11.7. The molecule has 50 heavy (non-hydrogen) atoms. The van der Waals surface area contributed by atoms with E-state index in [0.717, 1.165) is 80.1 Å². The second kappa shape index (κ2) is 23.7. The monoisotopic (exact) mass is 687 g/mol. The Morgan fingerprint density at radius 3 is 1.64 bits per heavy atom. The molecular weight excluding hydrogens is 622 g/mol. The van der Waals surface area contributed by atoms with Gasteiger partial charge >= 0.3 is 6.09 Å². The van der Waals surface area contributed by atoms with Gasteiger partial charge in [0.1, 0.15) is 22.8 Å². The summed E-state index contributed by atoms with van der Waals surface area (Å²) in [6.45, 7) is 12.9. The largest absolute Gasteiger partial charge is 0.494 e. The number of carbonyl (C=O) groups excluding carboxylic acids is 1. The van der Waals surface area contributed by atoms with Gasteiger partial charge in [-0.05, 0) is 87.4 Å². The van der Waals surface area contributed by atoms with Crippen molar-refractivity contribution in [2.24, 2.45) is 0 Å². The van der Waals surface area contributed by atoms with Crippen LogP contribution in [0.15, 0.2) is 66.7 Å². The van der Waals surface area contributed by atoms with E-state index >= 15 is 0 Å². The predicted molar refractivity (Wildman–Crippen MR) is 209 cm³/mol. The molecule has 6 heteroatoms. The topological polar surface area (TPSA) is 66.0 Å². The third-order valence-corrected chi connectivity index (χ3v) is 8.62. The highest BCUT2D eigenvalue weighted by Gasteiger charge is 2.15. The molecule has 3 rings (SSSR count). The quantitative estimate of drug-likeness (QED) is 0.0898. The van der Waals surface area contributed by atoms with E-state index in [9.17, 15) is 4.79 Å². The van der Waals surface area contributed by atoms with Crippen LogP contribution in [0.1, 0.15) is 131 Å². The molecule has 0 radical (unpaired) electrons. The molecule has 0 aliphatic rings. The Morgan fingerprint density at radius 1 is 0.540 bits per heavy atom. The molecule has 3 aromatic rings. The first-order valence-corrected chi connectivity index (χ1v) is 19.5. The number of unbranched alkanes of at least 4 members (excludes halogenated alkanes) is 12. The minimum absolute atomic E-state index is 0.319. The average Bonchev–Trinajstić information content (AvgIpc) is 3.10. The molecule has 0 aliphatic carbocycles. The number of rotatable bonds is 25. The number of benzene rings is 3. The van der Waals surface area contributed by atoms with Gasteiger partial charge in [-0.25, -0.2) is 4.79 Å². The molecule has 0 aromatic heterocycles. The summed E-state index contributed by atoms with van der Waals surface area (Å²) in [5, 5.41) is 2.84. The lowest BCUT2D eigenvalue weighted by Crippen LogP contribution is -2.32. The minimum Gasteiger partial charge on any atom is -0.494 e. The van der Waals surface area contributed by atoms with Crippen molar-refractivity contribution in [3.8, 4) is 39.5 Å². The lowest BCUT2D eigenvalue weighted by Gasteiger charge is -2.19. The van der Waals surface area contributed by atoms with Crippen molar-refractivity contribution in [3.63, 3.8) is 0 Å². The zero-order valence-corrected chi connectivity index (χ0v) is 31.8. The van der Waals surface area contributed by atoms with Crippen LogP contribution in [0.2, 0.25) is 0 Å². The summed E-state index contributed by atoms with van der Waals surface area (Å²) in [5.41, 5.74) is 4.15. The standard InChI is InChI=1S/C44H65NO5/c1-6-8-19-33-47-39-27-25-37(26-28-39)36-21-23-38(24-22-36)41-30-29-40(48-32-9-7-2)35-42(41)49-34-20-17-15-13-11-10-12-14-16-18-31-45-43(46)50-44(3,4)5/h21-30,35H,6-20,31-34H2,1-5H3,(H,45,46). The summed E-state index contributed by atoms with van der Waals surface area (Å²) in [6.07, 6.45) is 17.3. The zero-order chi connectivity index (χ0) is 35.9. The molecular formula is C44H65NO5. The van der Waals surface area contributed by atoms with E-state index in [0.29, 0.717) is 13.2 Å². The van der Waals surface area contributed by atoms with Crippen LogP contribution in [0, 0.1) is 0 Å². The highest BCUT2D eigenvalue weighted by atomic mass is 16.6. The van der Waals surface area contributed by atoms with Gasteiger partial charge in [-0.15, -0.1) is 0 Å². The number of alkyl carbamates (subject to hydrolysis) is 1. The van der Waals surface area contributed by atoms with Gasteiger partial charge in [-0.1, -0.05) is 121 Å². The van der Waals surface area contributed by atoms with Crippen LogP contribution < -0.4 is 19.5 Å². The Morgan fingerprint density at radius 2 is 1.02 bits per heavy atom. The van der Waals surface area contributed by atoms with Crippen molar-refractivity contribution in [3.05, 3.63) is 66.7 Å². The molecule has 1 amide bonds. The molecule has 0 atom stereocenters. The lowest BCUT2D eigenvalue weighted by molar-refractivity contribution is 0.0527. The molecule has 3 aromatic carbocycles. The van der Waals surface area contributed by atoms with Crippen molar-refractivity contribution in [2.45, 2.75) is 137 Å². The Labute approximate surface area is 303 Å². The summed E-state index contributed by atoms with van der Waals surface area (Å²) in [7, 11) is 0. The summed E-state index contributed by atoms with van der Waals surface area (Å²) < 4.78 is 23.6. The van der Waals surface area contributed by atoms with Crippen LogP contribution in [-0.2, 0) is 4.74 Å². The SMILES string of the molecule is CCCCCOc1ccc(-c2ccc(-c3ccc(OCCCC)cc3OCCCCCCCCCCCCNC(=O)OC(C)(C)C)cc2)cc1. The maximum Gasteiger partial charge on any atom is 0.407 e. The third-order valence-electron chi connectivity index (χ3n) is 8.62. The van der Waals surface area contributed by atoms with E-state index in [2.05, 4.69) is 85.9 Å². The van der Waals surface area contributed by atoms with E-state index in [1.165, 1.54) is 68.9 Å². The van der Waals surface area contributed by atoms with E-state index in [1.54, 1.807) is 0 Å². The van der Waals surface area contributed by atoms with Crippen molar-refractivity contribution in [1.29, 1.82) is 0 Å². The fourth-order valence-electron chi connectivity index (χ4n) is 5.74. The van der Waals surface area contributed by atoms with Crippen molar-refractivity contribution < 1.29 is 23.7 Å². The summed E-state index contributed by atoms with van der Waals surface area (Å²) in [4.78, 5) is 11.7. The zero-order valence-electron chi connectivity index (χ0n) is 31.8. The van der Waals surface area contributed by atoms with E-state index < -0.39 is 5.60 Å². The van der Waals surface area contributed by atoms with E-state index in [4.69, 9.17) is 18.9 Å². The number of hydrogen-bond donors (Lipinski definition) is 1. The lowest BCUT2D eigenvalue weighted by atomic mass is 9.99. The molecule has 0 heterocycles. The van der Waals surface area contributed by atoms with Crippen LogP contribution in [-0.4, -0.2) is 38.1 Å². The van der Waals surface area contributed by atoms with Gasteiger partial charge in [0.2, 0.25) is 0 Å². The summed E-state index contributed by atoms with van der Waals surface area (Å²) in [5.74, 6) is 2.68. The molecule has 0 saturated carbocycles. The Bertz CT molecular complexity index is 1330. The van der Waals surface area contributed by atoms with Gasteiger partial charge in [0, 0.05) is 18.2 Å². The van der Waals surface area contributed by atoms with Gasteiger partial charge in [-0.2, -0.15) is 0 Å². The van der Waals surface area contributed by atoms with Crippen molar-refractivity contribution in [2.75, 3.05) is 26.4 Å². The average molecular weight is 688 g/mol. The predicted octanol–water partition coefficient (Wildman–Crippen LogP) is 12.6. The highest BCUT2D eigenvalue weighted by Crippen LogP contribution is 2.35. The number of hydrogen-bond acceptors (Lipinski definition) is 5. The van der Waals surface area contributed by atoms with Gasteiger partial charge in [-0.3, -0.25) is 0 Å². The first kappa shape index (κ1) is 40.8. The third kappa shape index (κ3) is 16.8. The molecule has 0 fully saturated rings. The fourth-order valence-corrected chi connectivity index (χ4v) is 5.74. The van der Waals surface area contributed by atoms with Crippen LogP contribution in [0.4, 0.5) is 4.79 Å². The molecule has 0 bridgehead atoms. The summed E-state index contributed by atoms with van der Waals surface area (Å²) in [6, 6.07) is 23.4. The molecule has 1 N–H and O–H groups in total. The second-order valence-electron chi connectivity index (χ2n) is 14.3. The Kier molecular flexibility index (Phi) is 19.3. The highest BCUT2D eigenvalue weighted by molar-refractivity contribution is 5.75. The van der Waals surface area contributed by atoms with Crippen LogP contribution >= 0.6 is 0 Å². The summed E-state index contributed by atoms with van der Waals surface area (Å²) >= 11 is 0. The van der Waals surface area contributed by atoms with Gasteiger partial charge in [0.15, 0.2) is 0 Å². The van der Waals surface area contributed by atoms with Gasteiger partial charge in [0.05, 0.1) is 19.8 Å². The molecule has 276 valence electrons. The first-order valence-electron chi connectivity index (χ1n) is 19.5. The molecule has 0 aliphatic heterocycles. The molecule has 0 saturated heterocycles. The van der Waals surface area contributed by atoms with Crippen LogP contribution in [0.3, 0.4) is 0 Å². The van der Waals surface area contributed by atoms with Crippen LogP contribution in [0.5, 0.6) is 17.2 Å². The van der Waals surface area contributed by atoms with Crippen molar-refractivity contribution >= 4 is 6.09 Å². The first-order chi connectivity index (χ1) is 24.3. The number of nitrogens with one attached hydrogen (secondary N) is 1. The van der Waals surface area contributed by atoms with E-state index in [-0.39, 0.29) is 6.09 Å². The Hall–Kier alpha value is -3.67. The van der Waals surface area contributed by atoms with Gasteiger partial charge in [0.25, 0.3) is 0 Å². The Balaban J connectivity index is 1.40. The second-order valence-corrected chi connectivity index (χ2v) is 14.3. The number of amides is 1. The smallest absolute Gasteiger partial charge is 0.407 e. The molecule has 0 unspecified atom stereocenters. The van der Waals surface area contributed by atoms with Crippen molar-refractivity contribution in [1.82, 2.24) is 5.32 Å². The van der Waals surface area contributed by atoms with E-state index in [1.807, 2.05) is 20.8 Å². The molecule has 6 nitrogen and oxygen atoms in total. The number of ether oxygens (including phenoxy) is 4. The minimum atomic E-state index is -0.443. The normalized spacial score (nSPS) is 11.3. The van der Waals surface area contributed by atoms with Crippen LogP contribution in [0.25, 0.3) is 22.3 Å². The van der Waals surface area contributed by atoms with Gasteiger partial charge < -0.3 is 24.3 Å². The maximum atomic E-state index is 11.7. The fraction of sp³-hybridized carbons (Fsp3) is 0.568. The molecule has 0 spiro atoms.